The topological polar surface area (TPSA) is 78.7 Å². The molecule has 1 aromatic rings. The minimum Gasteiger partial charge on any atom is -0.398 e. The third-order valence-electron chi connectivity index (χ3n) is 3.93. The molecule has 1 aromatic carbocycles. The van der Waals surface area contributed by atoms with Crippen molar-refractivity contribution in [1.29, 1.82) is 0 Å². The molecule has 2 rings (SSSR count). The molecule has 0 aliphatic carbocycles. The second-order valence-electron chi connectivity index (χ2n) is 5.51. The lowest BCUT2D eigenvalue weighted by atomic mass is 10.2. The van der Waals surface area contributed by atoms with E-state index in [-0.39, 0.29) is 4.90 Å². The van der Waals surface area contributed by atoms with E-state index in [1.807, 2.05) is 0 Å². The Hall–Kier alpha value is -1.15. The van der Waals surface area contributed by atoms with Gasteiger partial charge in [-0.15, -0.1) is 0 Å². The minimum absolute atomic E-state index is 0.265. The maximum absolute atomic E-state index is 12.3. The number of nitrogens with one attached hydrogen (secondary N) is 1. The number of nitrogen functional groups attached to an aromatic ring is 1. The SMILES string of the molecule is Cc1c(N)cccc1S(=O)(=O)NCCN1CCN(C)CC1. The lowest BCUT2D eigenvalue weighted by Gasteiger charge is -2.32. The zero-order chi connectivity index (χ0) is 15.5. The fraction of sp³-hybridized carbons (Fsp3) is 0.571. The second kappa shape index (κ2) is 6.74. The third kappa shape index (κ3) is 4.16. The number of hydrogen-bond acceptors (Lipinski definition) is 5. The summed E-state index contributed by atoms with van der Waals surface area (Å²) in [6, 6.07) is 4.96. The van der Waals surface area contributed by atoms with Gasteiger partial charge >= 0.3 is 0 Å². The quantitative estimate of drug-likeness (QED) is 0.754. The lowest BCUT2D eigenvalue weighted by Crippen LogP contribution is -2.46. The monoisotopic (exact) mass is 312 g/mol. The molecular weight excluding hydrogens is 288 g/mol. The standard InChI is InChI=1S/C14H24N4O2S/c1-12-13(15)4-3-5-14(12)21(19,20)16-6-7-18-10-8-17(2)9-11-18/h3-5,16H,6-11,15H2,1-2H3. The van der Waals surface area contributed by atoms with Crippen LogP contribution in [0.1, 0.15) is 5.56 Å². The Labute approximate surface area is 127 Å². The predicted octanol–water partition coefficient (Wildman–Crippen LogP) is 0.103. The van der Waals surface area contributed by atoms with E-state index in [2.05, 4.69) is 21.6 Å². The van der Waals surface area contributed by atoms with Gasteiger partial charge in [-0.25, -0.2) is 13.1 Å². The first-order valence-corrected chi connectivity index (χ1v) is 8.64. The van der Waals surface area contributed by atoms with Crippen LogP contribution in [0.5, 0.6) is 0 Å². The number of nitrogens with two attached hydrogens (primary N) is 1. The van der Waals surface area contributed by atoms with E-state index < -0.39 is 10.0 Å². The molecule has 1 saturated heterocycles. The van der Waals surface area contributed by atoms with Crippen molar-refractivity contribution < 1.29 is 8.42 Å². The van der Waals surface area contributed by atoms with Gasteiger partial charge in [0, 0.05) is 45.0 Å². The Morgan fingerprint density at radius 3 is 2.57 bits per heavy atom. The van der Waals surface area contributed by atoms with Gasteiger partial charge in [0.1, 0.15) is 0 Å². The summed E-state index contributed by atoms with van der Waals surface area (Å²) >= 11 is 0. The third-order valence-corrected chi connectivity index (χ3v) is 5.54. The van der Waals surface area contributed by atoms with Crippen molar-refractivity contribution in [2.45, 2.75) is 11.8 Å². The molecule has 0 aromatic heterocycles. The second-order valence-corrected chi connectivity index (χ2v) is 7.25. The van der Waals surface area contributed by atoms with E-state index in [0.29, 0.717) is 17.8 Å². The molecule has 118 valence electrons. The number of benzene rings is 1. The number of anilines is 1. The first-order chi connectivity index (χ1) is 9.90. The van der Waals surface area contributed by atoms with Crippen molar-refractivity contribution >= 4 is 15.7 Å². The molecule has 0 amide bonds. The predicted molar refractivity (Wildman–Crippen MR) is 84.7 cm³/mol. The average Bonchev–Trinajstić information content (AvgIpc) is 2.44. The minimum atomic E-state index is -3.49. The zero-order valence-electron chi connectivity index (χ0n) is 12.7. The van der Waals surface area contributed by atoms with Crippen molar-refractivity contribution in [3.63, 3.8) is 0 Å². The highest BCUT2D eigenvalue weighted by molar-refractivity contribution is 7.89. The normalized spacial score (nSPS) is 18.0. The number of likely N-dealkylation sites (N-methyl/N-ethyl adjacent to an activating group) is 1. The van der Waals surface area contributed by atoms with Crippen LogP contribution >= 0.6 is 0 Å². The number of sulfonamides is 1. The first kappa shape index (κ1) is 16.2. The van der Waals surface area contributed by atoms with Crippen molar-refractivity contribution in [2.75, 3.05) is 52.0 Å². The molecule has 1 aliphatic rings. The molecule has 6 nitrogen and oxygen atoms in total. The summed E-state index contributed by atoms with van der Waals surface area (Å²) in [6.45, 7) is 6.90. The van der Waals surface area contributed by atoms with Crippen LogP contribution in [0.25, 0.3) is 0 Å². The zero-order valence-corrected chi connectivity index (χ0v) is 13.5. The molecule has 0 bridgehead atoms. The van der Waals surface area contributed by atoms with Crippen LogP contribution < -0.4 is 10.5 Å². The van der Waals surface area contributed by atoms with Crippen molar-refractivity contribution in [3.8, 4) is 0 Å². The summed E-state index contributed by atoms with van der Waals surface area (Å²) in [5, 5.41) is 0. The van der Waals surface area contributed by atoms with Crippen molar-refractivity contribution in [2.24, 2.45) is 0 Å². The molecule has 3 N–H and O–H groups in total. The Morgan fingerprint density at radius 1 is 1.24 bits per heavy atom. The Balaban J connectivity index is 1.91. The van der Waals surface area contributed by atoms with Crippen LogP contribution in [-0.4, -0.2) is 64.5 Å². The molecule has 1 fully saturated rings. The lowest BCUT2D eigenvalue weighted by molar-refractivity contribution is 0.156. The maximum Gasteiger partial charge on any atom is 0.240 e. The van der Waals surface area contributed by atoms with E-state index in [9.17, 15) is 8.42 Å². The number of piperazine rings is 1. The first-order valence-electron chi connectivity index (χ1n) is 7.16. The highest BCUT2D eigenvalue weighted by Crippen LogP contribution is 2.19. The summed E-state index contributed by atoms with van der Waals surface area (Å²) < 4.78 is 27.3. The smallest absolute Gasteiger partial charge is 0.240 e. The molecule has 21 heavy (non-hydrogen) atoms. The summed E-state index contributed by atoms with van der Waals surface area (Å²) in [5.74, 6) is 0. The molecule has 0 radical (unpaired) electrons. The van der Waals surface area contributed by atoms with Gasteiger partial charge in [0.25, 0.3) is 0 Å². The molecule has 0 saturated carbocycles. The summed E-state index contributed by atoms with van der Waals surface area (Å²) in [6.07, 6.45) is 0. The van der Waals surface area contributed by atoms with E-state index in [0.717, 1.165) is 32.7 Å². The van der Waals surface area contributed by atoms with Gasteiger partial charge in [-0.1, -0.05) is 6.07 Å². The van der Waals surface area contributed by atoms with E-state index in [4.69, 9.17) is 5.73 Å². The van der Waals surface area contributed by atoms with Crippen LogP contribution in [0.3, 0.4) is 0 Å². The summed E-state index contributed by atoms with van der Waals surface area (Å²) in [5.41, 5.74) is 6.87. The van der Waals surface area contributed by atoms with E-state index >= 15 is 0 Å². The van der Waals surface area contributed by atoms with Gasteiger partial charge in [-0.2, -0.15) is 0 Å². The van der Waals surface area contributed by atoms with Crippen LogP contribution in [0.2, 0.25) is 0 Å². The number of nitrogens with zero attached hydrogens (tertiary/aromatic N) is 2. The van der Waals surface area contributed by atoms with Gasteiger partial charge in [0.05, 0.1) is 4.90 Å². The van der Waals surface area contributed by atoms with E-state index in [1.165, 1.54) is 0 Å². The summed E-state index contributed by atoms with van der Waals surface area (Å²) in [7, 11) is -1.39. The number of hydrogen-bond donors (Lipinski definition) is 2. The molecule has 0 unspecified atom stereocenters. The number of rotatable bonds is 5. The molecular formula is C14H24N4O2S. The van der Waals surface area contributed by atoms with Gasteiger partial charge in [0.2, 0.25) is 10.0 Å². The van der Waals surface area contributed by atoms with Gasteiger partial charge < -0.3 is 10.6 Å². The van der Waals surface area contributed by atoms with Gasteiger partial charge in [-0.3, -0.25) is 4.90 Å². The van der Waals surface area contributed by atoms with Gasteiger partial charge in [-0.05, 0) is 31.7 Å². The molecule has 1 aliphatic heterocycles. The van der Waals surface area contributed by atoms with Crippen molar-refractivity contribution in [3.05, 3.63) is 23.8 Å². The van der Waals surface area contributed by atoms with E-state index in [1.54, 1.807) is 25.1 Å². The fourth-order valence-electron chi connectivity index (χ4n) is 2.41. The van der Waals surface area contributed by atoms with Gasteiger partial charge in [0.15, 0.2) is 0 Å². The Morgan fingerprint density at radius 2 is 1.90 bits per heavy atom. The molecule has 0 atom stereocenters. The highest BCUT2D eigenvalue weighted by Gasteiger charge is 2.18. The molecule has 7 heteroatoms. The molecule has 1 heterocycles. The summed E-state index contributed by atoms with van der Waals surface area (Å²) in [4.78, 5) is 4.81. The van der Waals surface area contributed by atoms with Crippen LogP contribution in [-0.2, 0) is 10.0 Å². The Bertz CT molecular complexity index is 581. The maximum atomic E-state index is 12.3. The van der Waals surface area contributed by atoms with Crippen LogP contribution in [0.4, 0.5) is 5.69 Å². The molecule has 0 spiro atoms. The highest BCUT2D eigenvalue weighted by atomic mass is 32.2. The fourth-order valence-corrected chi connectivity index (χ4v) is 3.70. The van der Waals surface area contributed by atoms with Crippen LogP contribution in [0.15, 0.2) is 23.1 Å². The largest absolute Gasteiger partial charge is 0.398 e. The van der Waals surface area contributed by atoms with Crippen molar-refractivity contribution in [1.82, 2.24) is 14.5 Å². The average molecular weight is 312 g/mol. The Kier molecular flexibility index (Phi) is 5.21. The van der Waals surface area contributed by atoms with Crippen LogP contribution in [0, 0.1) is 6.92 Å².